The van der Waals surface area contributed by atoms with Gasteiger partial charge >= 0.3 is 0 Å². The predicted molar refractivity (Wildman–Crippen MR) is 79.2 cm³/mol. The van der Waals surface area contributed by atoms with E-state index in [1.165, 1.54) is 0 Å². The lowest BCUT2D eigenvalue weighted by Crippen LogP contribution is -2.56. The van der Waals surface area contributed by atoms with Crippen LogP contribution in [0, 0.1) is 5.41 Å². The van der Waals surface area contributed by atoms with E-state index in [9.17, 15) is 5.11 Å². The third kappa shape index (κ3) is 2.50. The topological polar surface area (TPSA) is 64.7 Å². The Morgan fingerprint density at radius 3 is 2.35 bits per heavy atom. The number of ether oxygens (including phenoxy) is 2. The molecule has 1 saturated carbocycles. The van der Waals surface area contributed by atoms with E-state index in [0.29, 0.717) is 24.5 Å². The molecule has 0 saturated heterocycles. The summed E-state index contributed by atoms with van der Waals surface area (Å²) < 4.78 is 10.5. The summed E-state index contributed by atoms with van der Waals surface area (Å²) in [7, 11) is 3.23. The lowest BCUT2D eigenvalue weighted by molar-refractivity contribution is -0.109. The molecule has 1 aromatic rings. The second-order valence-electron chi connectivity index (χ2n) is 5.98. The number of aliphatic hydroxyl groups is 1. The summed E-state index contributed by atoms with van der Waals surface area (Å²) in [4.78, 5) is 0. The predicted octanol–water partition coefficient (Wildman–Crippen LogP) is 2.13. The second-order valence-corrected chi connectivity index (χ2v) is 5.98. The molecule has 2 rings (SSSR count). The summed E-state index contributed by atoms with van der Waals surface area (Å²) in [5, 5.41) is 10.9. The van der Waals surface area contributed by atoms with Crippen molar-refractivity contribution in [2.75, 3.05) is 20.8 Å². The van der Waals surface area contributed by atoms with Gasteiger partial charge < -0.3 is 20.3 Å². The Balaban J connectivity index is 2.20. The van der Waals surface area contributed by atoms with Gasteiger partial charge in [0, 0.05) is 18.4 Å². The number of rotatable bonds is 6. The number of benzene rings is 1. The van der Waals surface area contributed by atoms with Gasteiger partial charge in [-0.2, -0.15) is 0 Å². The van der Waals surface area contributed by atoms with Crippen LogP contribution in [-0.2, 0) is 6.42 Å². The van der Waals surface area contributed by atoms with E-state index in [-0.39, 0.29) is 5.41 Å². The van der Waals surface area contributed by atoms with Crippen molar-refractivity contribution in [3.63, 3.8) is 0 Å². The Bertz CT molecular complexity index is 461. The van der Waals surface area contributed by atoms with Crippen molar-refractivity contribution >= 4 is 0 Å². The normalized spacial score (nSPS) is 19.9. The van der Waals surface area contributed by atoms with Gasteiger partial charge in [-0.15, -0.1) is 0 Å². The van der Waals surface area contributed by atoms with Gasteiger partial charge in [0.15, 0.2) is 11.5 Å². The zero-order valence-electron chi connectivity index (χ0n) is 12.6. The zero-order valence-corrected chi connectivity index (χ0v) is 12.6. The fourth-order valence-electron chi connectivity index (χ4n) is 3.14. The maximum Gasteiger partial charge on any atom is 0.160 e. The van der Waals surface area contributed by atoms with E-state index in [2.05, 4.69) is 0 Å². The van der Waals surface area contributed by atoms with Crippen molar-refractivity contribution < 1.29 is 14.6 Å². The van der Waals surface area contributed by atoms with Gasteiger partial charge in [0.25, 0.3) is 0 Å². The molecule has 1 aliphatic carbocycles. The highest BCUT2D eigenvalue weighted by Gasteiger charge is 2.50. The Labute approximate surface area is 120 Å². The Kier molecular flexibility index (Phi) is 4.25. The summed E-state index contributed by atoms with van der Waals surface area (Å²) in [6, 6.07) is 5.77. The van der Waals surface area contributed by atoms with Crippen LogP contribution in [0.3, 0.4) is 0 Å². The average Bonchev–Trinajstić information content (AvgIpc) is 2.37. The molecule has 1 atom stereocenters. The lowest BCUT2D eigenvalue weighted by atomic mass is 9.58. The van der Waals surface area contributed by atoms with Crippen LogP contribution in [-0.4, -0.2) is 31.5 Å². The second kappa shape index (κ2) is 5.62. The van der Waals surface area contributed by atoms with E-state index < -0.39 is 5.60 Å². The van der Waals surface area contributed by atoms with Gasteiger partial charge in [0.1, 0.15) is 0 Å². The van der Waals surface area contributed by atoms with Crippen LogP contribution in [0.4, 0.5) is 0 Å². The minimum atomic E-state index is -0.792. The number of nitrogens with two attached hydrogens (primary N) is 1. The third-order valence-electron chi connectivity index (χ3n) is 4.84. The number of hydrogen-bond donors (Lipinski definition) is 2. The maximum atomic E-state index is 10.9. The molecule has 0 bridgehead atoms. The van der Waals surface area contributed by atoms with Gasteiger partial charge in [-0.05, 0) is 37.5 Å². The Morgan fingerprint density at radius 2 is 1.90 bits per heavy atom. The van der Waals surface area contributed by atoms with E-state index >= 15 is 0 Å². The molecule has 1 unspecified atom stereocenters. The molecular weight excluding hydrogens is 254 g/mol. The van der Waals surface area contributed by atoms with E-state index in [0.717, 1.165) is 24.8 Å². The molecule has 3 N–H and O–H groups in total. The van der Waals surface area contributed by atoms with E-state index in [1.54, 1.807) is 14.2 Å². The van der Waals surface area contributed by atoms with E-state index in [4.69, 9.17) is 15.2 Å². The average molecular weight is 279 g/mol. The van der Waals surface area contributed by atoms with Crippen LogP contribution in [0.5, 0.6) is 11.5 Å². The first-order chi connectivity index (χ1) is 9.48. The molecule has 0 amide bonds. The van der Waals surface area contributed by atoms with Gasteiger partial charge in [-0.1, -0.05) is 12.5 Å². The highest BCUT2D eigenvalue weighted by molar-refractivity contribution is 5.43. The van der Waals surface area contributed by atoms with E-state index in [1.807, 2.05) is 25.1 Å². The molecule has 1 aliphatic rings. The van der Waals surface area contributed by atoms with Crippen LogP contribution in [0.1, 0.15) is 31.7 Å². The van der Waals surface area contributed by atoms with Gasteiger partial charge in [0.2, 0.25) is 0 Å². The summed E-state index contributed by atoms with van der Waals surface area (Å²) >= 11 is 0. The molecule has 4 nitrogen and oxygen atoms in total. The molecule has 0 spiro atoms. The first kappa shape index (κ1) is 15.1. The Hall–Kier alpha value is -1.26. The lowest BCUT2D eigenvalue weighted by Gasteiger charge is -2.51. The minimum absolute atomic E-state index is 0.139. The van der Waals surface area contributed by atoms with Crippen LogP contribution >= 0.6 is 0 Å². The van der Waals surface area contributed by atoms with Crippen molar-refractivity contribution in [3.8, 4) is 11.5 Å². The van der Waals surface area contributed by atoms with Crippen molar-refractivity contribution in [2.24, 2.45) is 11.1 Å². The van der Waals surface area contributed by atoms with Crippen LogP contribution in [0.15, 0.2) is 18.2 Å². The van der Waals surface area contributed by atoms with Crippen molar-refractivity contribution in [2.45, 2.75) is 38.2 Å². The minimum Gasteiger partial charge on any atom is -0.493 e. The fourth-order valence-corrected chi connectivity index (χ4v) is 3.14. The zero-order chi connectivity index (χ0) is 14.8. The van der Waals surface area contributed by atoms with Gasteiger partial charge in [-0.25, -0.2) is 0 Å². The third-order valence-corrected chi connectivity index (χ3v) is 4.84. The first-order valence-electron chi connectivity index (χ1n) is 7.11. The molecule has 112 valence electrons. The van der Waals surface area contributed by atoms with Crippen molar-refractivity contribution in [1.82, 2.24) is 0 Å². The number of hydrogen-bond acceptors (Lipinski definition) is 4. The quantitative estimate of drug-likeness (QED) is 0.837. The first-order valence-corrected chi connectivity index (χ1v) is 7.11. The maximum absolute atomic E-state index is 10.9. The smallest absolute Gasteiger partial charge is 0.160 e. The largest absolute Gasteiger partial charge is 0.493 e. The summed E-state index contributed by atoms with van der Waals surface area (Å²) in [5.41, 5.74) is 6.01. The van der Waals surface area contributed by atoms with Crippen LogP contribution in [0.2, 0.25) is 0 Å². The van der Waals surface area contributed by atoms with Crippen LogP contribution < -0.4 is 15.2 Å². The molecular formula is C16H25NO3. The highest BCUT2D eigenvalue weighted by Crippen LogP contribution is 2.49. The van der Waals surface area contributed by atoms with Gasteiger partial charge in [0.05, 0.1) is 19.8 Å². The molecule has 0 radical (unpaired) electrons. The Morgan fingerprint density at radius 1 is 1.25 bits per heavy atom. The molecule has 0 heterocycles. The molecule has 0 aromatic heterocycles. The monoisotopic (exact) mass is 279 g/mol. The molecule has 1 fully saturated rings. The molecule has 20 heavy (non-hydrogen) atoms. The highest BCUT2D eigenvalue weighted by atomic mass is 16.5. The van der Waals surface area contributed by atoms with Crippen molar-refractivity contribution in [3.05, 3.63) is 23.8 Å². The van der Waals surface area contributed by atoms with Gasteiger partial charge in [-0.3, -0.25) is 0 Å². The fraction of sp³-hybridized carbons (Fsp3) is 0.625. The molecule has 0 aliphatic heterocycles. The summed E-state index contributed by atoms with van der Waals surface area (Å²) in [6.07, 6.45) is 3.73. The standard InChI is InChI=1S/C16H25NO3/c1-15(18,16(11-17)7-4-8-16)10-12-5-6-13(19-2)14(9-12)20-3/h5-6,9,18H,4,7-8,10-11,17H2,1-3H3. The SMILES string of the molecule is COc1ccc(CC(C)(O)C2(CN)CCC2)cc1OC. The van der Waals surface area contributed by atoms with Crippen molar-refractivity contribution in [1.29, 1.82) is 0 Å². The molecule has 1 aromatic carbocycles. The summed E-state index contributed by atoms with van der Waals surface area (Å²) in [5.74, 6) is 1.39. The number of methoxy groups -OCH3 is 2. The molecule has 4 heteroatoms. The summed E-state index contributed by atoms with van der Waals surface area (Å²) in [6.45, 7) is 2.43. The van der Waals surface area contributed by atoms with Crippen LogP contribution in [0.25, 0.3) is 0 Å².